The van der Waals surface area contributed by atoms with Crippen LogP contribution in [0.5, 0.6) is 17.2 Å². The standard InChI is InChI=1S/C38H34N4O6S/c1-46-31-24-33(48-3)32(47-2)22-27(31)21-30(41-36(43)26-15-8-5-9-16-26)37(44)40-28-17-12-18-29(23-28)49-35(25-13-6-4-7-14-25)38(45)42-34-19-10-11-20-39-34/h4-24,35H,1-3H3,(H,40,44)(H,41,43)(H,39,42,45)/b30-21+. The second-order valence-corrected chi connectivity index (χ2v) is 11.6. The van der Waals surface area contributed by atoms with Gasteiger partial charge in [-0.2, -0.15) is 0 Å². The first-order valence-corrected chi connectivity index (χ1v) is 16.0. The normalized spacial score (nSPS) is 11.5. The largest absolute Gasteiger partial charge is 0.496 e. The highest BCUT2D eigenvalue weighted by molar-refractivity contribution is 8.00. The second-order valence-electron chi connectivity index (χ2n) is 10.4. The predicted octanol–water partition coefficient (Wildman–Crippen LogP) is 6.99. The predicted molar refractivity (Wildman–Crippen MR) is 191 cm³/mol. The molecule has 0 saturated heterocycles. The van der Waals surface area contributed by atoms with Gasteiger partial charge >= 0.3 is 0 Å². The Bertz CT molecular complexity index is 1940. The van der Waals surface area contributed by atoms with Crippen molar-refractivity contribution in [2.75, 3.05) is 32.0 Å². The summed E-state index contributed by atoms with van der Waals surface area (Å²) in [7, 11) is 4.49. The first kappa shape index (κ1) is 34.3. The van der Waals surface area contributed by atoms with Gasteiger partial charge < -0.3 is 30.2 Å². The van der Waals surface area contributed by atoms with Gasteiger partial charge in [-0.05, 0) is 60.2 Å². The van der Waals surface area contributed by atoms with Crippen LogP contribution >= 0.6 is 11.8 Å². The Labute approximate surface area is 288 Å². The van der Waals surface area contributed by atoms with Crippen molar-refractivity contribution in [1.82, 2.24) is 10.3 Å². The lowest BCUT2D eigenvalue weighted by molar-refractivity contribution is -0.116. The molecule has 0 spiro atoms. The van der Waals surface area contributed by atoms with Crippen LogP contribution in [0.25, 0.3) is 6.08 Å². The molecule has 0 radical (unpaired) electrons. The number of carbonyl (C=O) groups excluding carboxylic acids is 3. The van der Waals surface area contributed by atoms with Crippen molar-refractivity contribution in [3.05, 3.63) is 144 Å². The molecule has 0 bridgehead atoms. The van der Waals surface area contributed by atoms with Crippen LogP contribution in [0.15, 0.2) is 132 Å². The number of amides is 3. The molecule has 248 valence electrons. The fraction of sp³-hybridized carbons (Fsp3) is 0.105. The number of pyridine rings is 1. The quantitative estimate of drug-likeness (QED) is 0.0901. The smallest absolute Gasteiger partial charge is 0.272 e. The average molecular weight is 675 g/mol. The first-order valence-electron chi connectivity index (χ1n) is 15.1. The van der Waals surface area contributed by atoms with Gasteiger partial charge in [-0.15, -0.1) is 11.8 Å². The number of thioether (sulfide) groups is 1. The third kappa shape index (κ3) is 9.05. The number of methoxy groups -OCH3 is 3. The molecular weight excluding hydrogens is 641 g/mol. The van der Waals surface area contributed by atoms with E-state index in [0.717, 1.165) is 10.5 Å². The van der Waals surface area contributed by atoms with Crippen LogP contribution in [0, 0.1) is 0 Å². The fourth-order valence-electron chi connectivity index (χ4n) is 4.77. The van der Waals surface area contributed by atoms with E-state index in [1.165, 1.54) is 39.2 Å². The first-order chi connectivity index (χ1) is 23.9. The number of carbonyl (C=O) groups is 3. The molecule has 1 aromatic heterocycles. The highest BCUT2D eigenvalue weighted by Crippen LogP contribution is 2.38. The van der Waals surface area contributed by atoms with E-state index in [1.807, 2.05) is 36.4 Å². The van der Waals surface area contributed by atoms with Gasteiger partial charge in [0.15, 0.2) is 11.5 Å². The van der Waals surface area contributed by atoms with Crippen molar-refractivity contribution in [1.29, 1.82) is 0 Å². The number of benzene rings is 4. The van der Waals surface area contributed by atoms with E-state index in [9.17, 15) is 14.4 Å². The molecule has 0 fully saturated rings. The molecule has 1 unspecified atom stereocenters. The summed E-state index contributed by atoms with van der Waals surface area (Å²) in [4.78, 5) is 45.5. The molecule has 49 heavy (non-hydrogen) atoms. The van der Waals surface area contributed by atoms with Gasteiger partial charge in [-0.1, -0.05) is 60.7 Å². The molecule has 3 amide bonds. The van der Waals surface area contributed by atoms with Gasteiger partial charge in [0.1, 0.15) is 22.5 Å². The molecule has 0 aliphatic rings. The highest BCUT2D eigenvalue weighted by Gasteiger charge is 2.23. The topological polar surface area (TPSA) is 128 Å². The molecule has 5 aromatic rings. The molecule has 0 aliphatic carbocycles. The van der Waals surface area contributed by atoms with E-state index in [4.69, 9.17) is 14.2 Å². The third-order valence-corrected chi connectivity index (χ3v) is 8.42. The molecule has 0 saturated carbocycles. The molecule has 0 aliphatic heterocycles. The molecule has 1 heterocycles. The lowest BCUT2D eigenvalue weighted by Gasteiger charge is -2.18. The lowest BCUT2D eigenvalue weighted by Crippen LogP contribution is -2.30. The molecule has 10 nitrogen and oxygen atoms in total. The number of anilines is 2. The summed E-state index contributed by atoms with van der Waals surface area (Å²) in [5.41, 5.74) is 2.04. The molecule has 4 aromatic carbocycles. The molecule has 1 atom stereocenters. The van der Waals surface area contributed by atoms with Gasteiger partial charge in [-0.3, -0.25) is 14.4 Å². The van der Waals surface area contributed by atoms with Gasteiger partial charge in [0.05, 0.1) is 21.3 Å². The van der Waals surface area contributed by atoms with E-state index in [-0.39, 0.29) is 11.6 Å². The summed E-state index contributed by atoms with van der Waals surface area (Å²) < 4.78 is 16.4. The Morgan fingerprint density at radius 3 is 2.06 bits per heavy atom. The Balaban J connectivity index is 1.44. The third-order valence-electron chi connectivity index (χ3n) is 7.17. The van der Waals surface area contributed by atoms with Crippen molar-refractivity contribution in [2.45, 2.75) is 10.1 Å². The lowest BCUT2D eigenvalue weighted by atomic mass is 10.1. The van der Waals surface area contributed by atoms with E-state index in [0.29, 0.717) is 39.9 Å². The van der Waals surface area contributed by atoms with Crippen molar-refractivity contribution in [3.63, 3.8) is 0 Å². The minimum absolute atomic E-state index is 0.0469. The number of aromatic nitrogens is 1. The maximum absolute atomic E-state index is 13.9. The number of ether oxygens (including phenoxy) is 3. The summed E-state index contributed by atoms with van der Waals surface area (Å²) in [6, 6.07) is 33.7. The van der Waals surface area contributed by atoms with Crippen molar-refractivity contribution in [2.24, 2.45) is 0 Å². The molecule has 5 rings (SSSR count). The minimum Gasteiger partial charge on any atom is -0.496 e. The Morgan fingerprint density at radius 1 is 0.714 bits per heavy atom. The number of hydrogen-bond acceptors (Lipinski definition) is 8. The zero-order valence-corrected chi connectivity index (χ0v) is 27.8. The monoisotopic (exact) mass is 674 g/mol. The van der Waals surface area contributed by atoms with Crippen LogP contribution in [-0.4, -0.2) is 44.0 Å². The van der Waals surface area contributed by atoms with Crippen molar-refractivity contribution >= 4 is 47.1 Å². The number of rotatable bonds is 13. The van der Waals surface area contributed by atoms with Crippen LogP contribution in [0.4, 0.5) is 11.5 Å². The van der Waals surface area contributed by atoms with E-state index in [2.05, 4.69) is 20.9 Å². The van der Waals surface area contributed by atoms with Gasteiger partial charge in [0.2, 0.25) is 5.91 Å². The zero-order valence-electron chi connectivity index (χ0n) is 27.0. The Hall–Kier alpha value is -6.07. The van der Waals surface area contributed by atoms with Crippen LogP contribution in [0.2, 0.25) is 0 Å². The van der Waals surface area contributed by atoms with E-state index in [1.54, 1.807) is 85.1 Å². The van der Waals surface area contributed by atoms with Crippen LogP contribution < -0.4 is 30.2 Å². The van der Waals surface area contributed by atoms with Crippen molar-refractivity contribution < 1.29 is 28.6 Å². The van der Waals surface area contributed by atoms with Gasteiger partial charge in [0, 0.05) is 34.0 Å². The molecule has 11 heteroatoms. The summed E-state index contributed by atoms with van der Waals surface area (Å²) in [6.07, 6.45) is 3.11. The summed E-state index contributed by atoms with van der Waals surface area (Å²) in [5.74, 6) is 0.374. The summed E-state index contributed by atoms with van der Waals surface area (Å²) >= 11 is 1.32. The molecule has 3 N–H and O–H groups in total. The van der Waals surface area contributed by atoms with E-state index < -0.39 is 17.1 Å². The number of nitrogens with one attached hydrogen (secondary N) is 3. The fourth-order valence-corrected chi connectivity index (χ4v) is 5.86. The highest BCUT2D eigenvalue weighted by atomic mass is 32.2. The van der Waals surface area contributed by atoms with Crippen LogP contribution in [0.1, 0.15) is 26.7 Å². The van der Waals surface area contributed by atoms with Gasteiger partial charge in [0.25, 0.3) is 11.8 Å². The Morgan fingerprint density at radius 2 is 1.39 bits per heavy atom. The average Bonchev–Trinajstić information content (AvgIpc) is 3.14. The van der Waals surface area contributed by atoms with Crippen LogP contribution in [-0.2, 0) is 9.59 Å². The number of nitrogens with zero attached hydrogens (tertiary/aromatic N) is 1. The van der Waals surface area contributed by atoms with E-state index >= 15 is 0 Å². The summed E-state index contributed by atoms with van der Waals surface area (Å²) in [6.45, 7) is 0. The molecular formula is C38H34N4O6S. The van der Waals surface area contributed by atoms with Crippen molar-refractivity contribution in [3.8, 4) is 17.2 Å². The van der Waals surface area contributed by atoms with Gasteiger partial charge in [-0.25, -0.2) is 4.98 Å². The van der Waals surface area contributed by atoms with Crippen LogP contribution in [0.3, 0.4) is 0 Å². The summed E-state index contributed by atoms with van der Waals surface area (Å²) in [5, 5.41) is 7.90. The second kappa shape index (κ2) is 16.7. The minimum atomic E-state index is -0.618. The SMILES string of the molecule is COc1cc(OC)c(OC)cc1/C=C(/NC(=O)c1ccccc1)C(=O)Nc1cccc(SC(C(=O)Nc2ccccn2)c2ccccc2)c1. The zero-order chi connectivity index (χ0) is 34.6. The number of hydrogen-bond donors (Lipinski definition) is 3. The maximum atomic E-state index is 13.9. The maximum Gasteiger partial charge on any atom is 0.272 e. The Kier molecular flexibility index (Phi) is 11.7.